The molecule has 3 rings (SSSR count). The fraction of sp³-hybridized carbons (Fsp3) is 0.462. The van der Waals surface area contributed by atoms with Crippen molar-refractivity contribution in [1.82, 2.24) is 4.90 Å². The molecule has 0 unspecified atom stereocenters. The molecule has 1 aliphatic rings. The van der Waals surface area contributed by atoms with E-state index in [0.717, 1.165) is 22.9 Å². The minimum Gasteiger partial charge on any atom is -0.507 e. The largest absolute Gasteiger partial charge is 0.507 e. The number of phenols is 1. The second-order valence-electron chi connectivity index (χ2n) is 8.76. The molecule has 6 heteroatoms. The van der Waals surface area contributed by atoms with Crippen LogP contribution < -0.4 is 4.74 Å². The van der Waals surface area contributed by atoms with Gasteiger partial charge >= 0.3 is 0 Å². The van der Waals surface area contributed by atoms with E-state index >= 15 is 0 Å². The molecular formula is C26H35NO5. The number of ether oxygens (including phenoxy) is 2. The third kappa shape index (κ3) is 7.38. The SMILES string of the molecule is CC(C)CCOC(C)(C)CCN1C(=O)C=CC1=O.CCOc1cccc2c(O)cccc12. The third-order valence-electron chi connectivity index (χ3n) is 5.18. The molecule has 2 aromatic carbocycles. The molecule has 0 fully saturated rings. The van der Waals surface area contributed by atoms with Crippen molar-refractivity contribution in [2.24, 2.45) is 5.92 Å². The van der Waals surface area contributed by atoms with Gasteiger partial charge in [-0.2, -0.15) is 0 Å². The van der Waals surface area contributed by atoms with Crippen molar-refractivity contribution in [2.75, 3.05) is 19.8 Å². The second-order valence-corrected chi connectivity index (χ2v) is 8.76. The highest BCUT2D eigenvalue weighted by Gasteiger charge is 2.27. The highest BCUT2D eigenvalue weighted by molar-refractivity contribution is 6.12. The number of hydrogen-bond donors (Lipinski definition) is 1. The number of aromatic hydroxyl groups is 1. The first-order chi connectivity index (χ1) is 15.1. The summed E-state index contributed by atoms with van der Waals surface area (Å²) in [5.41, 5.74) is -0.307. The first-order valence-corrected chi connectivity index (χ1v) is 11.2. The van der Waals surface area contributed by atoms with Crippen molar-refractivity contribution >= 4 is 22.6 Å². The fourth-order valence-corrected chi connectivity index (χ4v) is 3.22. The number of rotatable bonds is 9. The summed E-state index contributed by atoms with van der Waals surface area (Å²) >= 11 is 0. The van der Waals surface area contributed by atoms with Gasteiger partial charge in [-0.15, -0.1) is 0 Å². The number of imide groups is 1. The van der Waals surface area contributed by atoms with Gasteiger partial charge in [-0.1, -0.05) is 38.1 Å². The summed E-state index contributed by atoms with van der Waals surface area (Å²) in [7, 11) is 0. The van der Waals surface area contributed by atoms with Crippen LogP contribution in [0.1, 0.15) is 47.5 Å². The van der Waals surface area contributed by atoms with Crippen LogP contribution in [0, 0.1) is 5.92 Å². The Morgan fingerprint density at radius 3 is 2.25 bits per heavy atom. The van der Waals surface area contributed by atoms with Crippen LogP contribution in [0.2, 0.25) is 0 Å². The van der Waals surface area contributed by atoms with Crippen molar-refractivity contribution in [3.8, 4) is 11.5 Å². The van der Waals surface area contributed by atoms with E-state index < -0.39 is 0 Å². The van der Waals surface area contributed by atoms with Crippen LogP contribution in [-0.4, -0.2) is 47.2 Å². The molecule has 174 valence electrons. The van der Waals surface area contributed by atoms with Gasteiger partial charge in [0.2, 0.25) is 0 Å². The lowest BCUT2D eigenvalue weighted by Gasteiger charge is -2.27. The van der Waals surface area contributed by atoms with Crippen LogP contribution in [0.25, 0.3) is 10.8 Å². The van der Waals surface area contributed by atoms with Crippen LogP contribution in [-0.2, 0) is 14.3 Å². The van der Waals surface area contributed by atoms with Gasteiger partial charge < -0.3 is 14.6 Å². The Morgan fingerprint density at radius 1 is 1.00 bits per heavy atom. The summed E-state index contributed by atoms with van der Waals surface area (Å²) in [5, 5.41) is 11.4. The molecule has 0 radical (unpaired) electrons. The van der Waals surface area contributed by atoms with Gasteiger partial charge in [-0.25, -0.2) is 0 Å². The van der Waals surface area contributed by atoms with Crippen LogP contribution >= 0.6 is 0 Å². The van der Waals surface area contributed by atoms with E-state index in [4.69, 9.17) is 9.47 Å². The molecule has 0 bridgehead atoms. The fourth-order valence-electron chi connectivity index (χ4n) is 3.22. The highest BCUT2D eigenvalue weighted by atomic mass is 16.5. The van der Waals surface area contributed by atoms with E-state index in [1.165, 1.54) is 17.1 Å². The molecule has 2 amide bonds. The van der Waals surface area contributed by atoms with Gasteiger partial charge in [0, 0.05) is 36.1 Å². The maximum atomic E-state index is 11.4. The molecule has 1 N–H and O–H groups in total. The van der Waals surface area contributed by atoms with Crippen molar-refractivity contribution in [3.05, 3.63) is 48.6 Å². The average Bonchev–Trinajstić information content (AvgIpc) is 3.05. The van der Waals surface area contributed by atoms with E-state index in [2.05, 4.69) is 13.8 Å². The Labute approximate surface area is 190 Å². The molecule has 0 saturated heterocycles. The van der Waals surface area contributed by atoms with E-state index in [-0.39, 0.29) is 17.4 Å². The van der Waals surface area contributed by atoms with Gasteiger partial charge in [-0.05, 0) is 51.7 Å². The van der Waals surface area contributed by atoms with Crippen molar-refractivity contribution in [2.45, 2.75) is 53.1 Å². The number of hydrogen-bond acceptors (Lipinski definition) is 5. The first-order valence-electron chi connectivity index (χ1n) is 11.2. The Balaban J connectivity index is 0.000000233. The summed E-state index contributed by atoms with van der Waals surface area (Å²) in [5.74, 6) is 1.28. The minimum absolute atomic E-state index is 0.224. The van der Waals surface area contributed by atoms with Gasteiger partial charge in [0.25, 0.3) is 11.8 Å². The summed E-state index contributed by atoms with van der Waals surface area (Å²) in [6.45, 7) is 12.0. The van der Waals surface area contributed by atoms with Crippen LogP contribution in [0.5, 0.6) is 11.5 Å². The summed E-state index contributed by atoms with van der Waals surface area (Å²) in [4.78, 5) is 24.0. The molecule has 1 aliphatic heterocycles. The molecule has 0 aliphatic carbocycles. The molecule has 0 saturated carbocycles. The molecule has 2 aromatic rings. The van der Waals surface area contributed by atoms with Crippen molar-refractivity contribution < 1.29 is 24.2 Å². The zero-order valence-electron chi connectivity index (χ0n) is 19.8. The smallest absolute Gasteiger partial charge is 0.253 e. The third-order valence-corrected chi connectivity index (χ3v) is 5.18. The van der Waals surface area contributed by atoms with Crippen LogP contribution in [0.4, 0.5) is 0 Å². The lowest BCUT2D eigenvalue weighted by Crippen LogP contribution is -2.36. The number of nitrogens with zero attached hydrogens (tertiary/aromatic N) is 1. The maximum absolute atomic E-state index is 11.4. The molecule has 0 spiro atoms. The number of fused-ring (bicyclic) bond motifs is 1. The average molecular weight is 442 g/mol. The number of phenolic OH excluding ortho intramolecular Hbond substituents is 1. The number of carbonyl (C=O) groups excluding carboxylic acids is 2. The number of carbonyl (C=O) groups is 2. The standard InChI is InChI=1S/C14H23NO3.C12H12O2/c1-11(2)7-10-18-14(3,4)8-9-15-12(16)5-6-13(15)17;1-2-14-12-8-4-5-9-10(12)6-3-7-11(9)13/h5-6,11H,7-10H2,1-4H3;3-8,13H,2H2,1H3. The lowest BCUT2D eigenvalue weighted by molar-refractivity contribution is -0.137. The van der Waals surface area contributed by atoms with Crippen molar-refractivity contribution in [1.29, 1.82) is 0 Å². The number of benzene rings is 2. The topological polar surface area (TPSA) is 76.1 Å². The predicted molar refractivity (Wildman–Crippen MR) is 127 cm³/mol. The van der Waals surface area contributed by atoms with E-state index in [1.54, 1.807) is 6.07 Å². The lowest BCUT2D eigenvalue weighted by atomic mass is 10.0. The van der Waals surface area contributed by atoms with E-state index in [0.29, 0.717) is 37.8 Å². The Kier molecular flexibility index (Phi) is 9.27. The predicted octanol–water partition coefficient (Wildman–Crippen LogP) is 5.09. The minimum atomic E-state index is -0.307. The maximum Gasteiger partial charge on any atom is 0.253 e. The monoisotopic (exact) mass is 441 g/mol. The van der Waals surface area contributed by atoms with Gasteiger partial charge in [0.05, 0.1) is 12.2 Å². The summed E-state index contributed by atoms with van der Waals surface area (Å²) < 4.78 is 11.3. The van der Waals surface area contributed by atoms with E-state index in [9.17, 15) is 14.7 Å². The normalized spacial score (nSPS) is 13.6. The van der Waals surface area contributed by atoms with Gasteiger partial charge in [0.1, 0.15) is 11.5 Å². The quantitative estimate of drug-likeness (QED) is 0.549. The molecule has 6 nitrogen and oxygen atoms in total. The zero-order chi connectivity index (χ0) is 23.7. The second kappa shape index (κ2) is 11.7. The Hall–Kier alpha value is -2.86. The van der Waals surface area contributed by atoms with Crippen LogP contribution in [0.3, 0.4) is 0 Å². The molecular weight excluding hydrogens is 406 g/mol. The van der Waals surface area contributed by atoms with Gasteiger partial charge in [0.15, 0.2) is 0 Å². The highest BCUT2D eigenvalue weighted by Crippen LogP contribution is 2.31. The van der Waals surface area contributed by atoms with Crippen molar-refractivity contribution in [3.63, 3.8) is 0 Å². The molecule has 0 aromatic heterocycles. The molecule has 1 heterocycles. The van der Waals surface area contributed by atoms with E-state index in [1.807, 2.05) is 51.1 Å². The first kappa shape index (κ1) is 25.4. The Morgan fingerprint density at radius 2 is 1.62 bits per heavy atom. The molecule has 32 heavy (non-hydrogen) atoms. The summed E-state index contributed by atoms with van der Waals surface area (Å²) in [6, 6.07) is 11.1. The Bertz CT molecular complexity index is 930. The van der Waals surface area contributed by atoms with Gasteiger partial charge in [-0.3, -0.25) is 14.5 Å². The number of amides is 2. The summed E-state index contributed by atoms with van der Waals surface area (Å²) in [6.07, 6.45) is 4.31. The molecule has 0 atom stereocenters. The zero-order valence-corrected chi connectivity index (χ0v) is 19.8. The van der Waals surface area contributed by atoms with Crippen LogP contribution in [0.15, 0.2) is 48.6 Å².